The predicted octanol–water partition coefficient (Wildman–Crippen LogP) is 3.79. The third-order valence-electron chi connectivity index (χ3n) is 2.87. The molecule has 21 heavy (non-hydrogen) atoms. The maximum absolute atomic E-state index is 13.6. The molecule has 0 radical (unpaired) electrons. The smallest absolute Gasteiger partial charge is 0.183 e. The molecule has 0 atom stereocenters. The average Bonchev–Trinajstić information content (AvgIpc) is 2.51. The highest BCUT2D eigenvalue weighted by Gasteiger charge is 2.06. The van der Waals surface area contributed by atoms with Crippen LogP contribution in [-0.2, 0) is 6.54 Å². The molecule has 0 unspecified atom stereocenters. The van der Waals surface area contributed by atoms with Crippen LogP contribution in [0.25, 0.3) is 0 Å². The van der Waals surface area contributed by atoms with Gasteiger partial charge >= 0.3 is 0 Å². The molecule has 5 heteroatoms. The van der Waals surface area contributed by atoms with E-state index in [4.69, 9.17) is 26.8 Å². The van der Waals surface area contributed by atoms with Crippen LogP contribution >= 0.6 is 11.6 Å². The van der Waals surface area contributed by atoms with Gasteiger partial charge in [-0.15, -0.1) is 0 Å². The summed E-state index contributed by atoms with van der Waals surface area (Å²) in [6.45, 7) is 1.32. The molecule has 0 saturated heterocycles. The van der Waals surface area contributed by atoms with E-state index in [9.17, 15) is 4.39 Å². The number of hydrogen-bond donors (Lipinski definition) is 1. The summed E-state index contributed by atoms with van der Waals surface area (Å²) in [5, 5.41) is 0.0577. The topological polar surface area (TPSA) is 44.5 Å². The molecular weight excluding hydrogens is 293 g/mol. The van der Waals surface area contributed by atoms with Crippen LogP contribution < -0.4 is 15.2 Å². The van der Waals surface area contributed by atoms with Gasteiger partial charge in [0.2, 0.25) is 0 Å². The quantitative estimate of drug-likeness (QED) is 0.792. The molecule has 0 bridgehead atoms. The molecule has 0 aliphatic rings. The van der Waals surface area contributed by atoms with E-state index in [2.05, 4.69) is 0 Å². The fraction of sp³-hybridized carbons (Fsp3) is 0.250. The second-order valence-electron chi connectivity index (χ2n) is 4.45. The summed E-state index contributed by atoms with van der Waals surface area (Å²) in [7, 11) is 0. The number of benzene rings is 2. The van der Waals surface area contributed by atoms with E-state index >= 15 is 0 Å². The minimum atomic E-state index is -0.532. The summed E-state index contributed by atoms with van der Waals surface area (Å²) >= 11 is 5.67. The predicted molar refractivity (Wildman–Crippen MR) is 81.4 cm³/mol. The van der Waals surface area contributed by atoms with Gasteiger partial charge < -0.3 is 15.2 Å². The maximum Gasteiger partial charge on any atom is 0.183 e. The first-order valence-corrected chi connectivity index (χ1v) is 7.07. The first-order chi connectivity index (χ1) is 10.2. The lowest BCUT2D eigenvalue weighted by Crippen LogP contribution is -2.06. The van der Waals surface area contributed by atoms with E-state index < -0.39 is 5.82 Å². The van der Waals surface area contributed by atoms with Crippen molar-refractivity contribution < 1.29 is 13.9 Å². The molecule has 2 aromatic rings. The summed E-state index contributed by atoms with van der Waals surface area (Å²) in [5.74, 6) is 0.398. The van der Waals surface area contributed by atoms with Crippen molar-refractivity contribution in [2.45, 2.75) is 13.0 Å². The fourth-order valence-corrected chi connectivity index (χ4v) is 1.95. The highest BCUT2D eigenvalue weighted by molar-refractivity contribution is 6.30. The fourth-order valence-electron chi connectivity index (χ4n) is 1.79. The van der Waals surface area contributed by atoms with Gasteiger partial charge in [0.25, 0.3) is 0 Å². The number of halogens is 2. The zero-order chi connectivity index (χ0) is 15.1. The van der Waals surface area contributed by atoms with Gasteiger partial charge in [-0.2, -0.15) is 0 Å². The van der Waals surface area contributed by atoms with Gasteiger partial charge in [0.1, 0.15) is 5.75 Å². The number of hydrogen-bond acceptors (Lipinski definition) is 3. The molecule has 0 fully saturated rings. The summed E-state index contributed by atoms with van der Waals surface area (Å²) in [4.78, 5) is 0. The van der Waals surface area contributed by atoms with Crippen molar-refractivity contribution in [3.63, 3.8) is 0 Å². The molecule has 2 rings (SSSR count). The molecule has 0 aromatic heterocycles. The molecule has 0 aliphatic carbocycles. The molecule has 0 aliphatic heterocycles. The SMILES string of the molecule is NCc1cccc(OCCCOc2cccc(Cl)c2F)c1. The molecular formula is C16H17ClFNO2. The zero-order valence-electron chi connectivity index (χ0n) is 11.5. The van der Waals surface area contributed by atoms with E-state index in [1.165, 1.54) is 6.07 Å². The van der Waals surface area contributed by atoms with Crippen molar-refractivity contribution in [2.24, 2.45) is 5.73 Å². The van der Waals surface area contributed by atoms with Crippen molar-refractivity contribution in [2.75, 3.05) is 13.2 Å². The van der Waals surface area contributed by atoms with Crippen LogP contribution in [0.4, 0.5) is 4.39 Å². The van der Waals surface area contributed by atoms with E-state index in [1.54, 1.807) is 12.1 Å². The van der Waals surface area contributed by atoms with Gasteiger partial charge in [-0.05, 0) is 29.8 Å². The monoisotopic (exact) mass is 309 g/mol. The molecule has 0 amide bonds. The number of ether oxygens (including phenoxy) is 2. The van der Waals surface area contributed by atoms with Crippen molar-refractivity contribution in [1.82, 2.24) is 0 Å². The van der Waals surface area contributed by atoms with Gasteiger partial charge in [0, 0.05) is 13.0 Å². The van der Waals surface area contributed by atoms with Crippen LogP contribution in [0.5, 0.6) is 11.5 Å². The summed E-state index contributed by atoms with van der Waals surface area (Å²) in [6, 6.07) is 12.3. The Morgan fingerprint density at radius 1 is 1.05 bits per heavy atom. The highest BCUT2D eigenvalue weighted by Crippen LogP contribution is 2.24. The number of nitrogens with two attached hydrogens (primary N) is 1. The molecule has 3 nitrogen and oxygen atoms in total. The summed E-state index contributed by atoms with van der Waals surface area (Å²) < 4.78 is 24.5. The van der Waals surface area contributed by atoms with Crippen LogP contribution in [0.1, 0.15) is 12.0 Å². The third-order valence-corrected chi connectivity index (χ3v) is 3.16. The van der Waals surface area contributed by atoms with E-state index in [0.717, 1.165) is 11.3 Å². The number of rotatable bonds is 7. The lowest BCUT2D eigenvalue weighted by atomic mass is 10.2. The largest absolute Gasteiger partial charge is 0.493 e. The van der Waals surface area contributed by atoms with Crippen molar-refractivity contribution in [3.05, 3.63) is 58.9 Å². The Bertz CT molecular complexity index is 592. The Balaban J connectivity index is 1.73. The Kier molecular flexibility index (Phi) is 5.84. The van der Waals surface area contributed by atoms with Crippen LogP contribution in [0.3, 0.4) is 0 Å². The lowest BCUT2D eigenvalue weighted by molar-refractivity contribution is 0.241. The van der Waals surface area contributed by atoms with Gasteiger partial charge in [0.05, 0.1) is 18.2 Å². The molecule has 112 valence electrons. The van der Waals surface area contributed by atoms with Crippen LogP contribution in [0.15, 0.2) is 42.5 Å². The second-order valence-corrected chi connectivity index (χ2v) is 4.86. The van der Waals surface area contributed by atoms with Crippen molar-refractivity contribution >= 4 is 11.6 Å². The Morgan fingerprint density at radius 2 is 1.81 bits per heavy atom. The average molecular weight is 310 g/mol. The van der Waals surface area contributed by atoms with Gasteiger partial charge in [-0.3, -0.25) is 0 Å². The summed E-state index contributed by atoms with van der Waals surface area (Å²) in [6.07, 6.45) is 0.638. The Hall–Kier alpha value is -1.78. The molecule has 2 aromatic carbocycles. The highest BCUT2D eigenvalue weighted by atomic mass is 35.5. The van der Waals surface area contributed by atoms with Crippen molar-refractivity contribution in [3.8, 4) is 11.5 Å². The minimum Gasteiger partial charge on any atom is -0.493 e. The van der Waals surface area contributed by atoms with Crippen LogP contribution in [-0.4, -0.2) is 13.2 Å². The molecule has 2 N–H and O–H groups in total. The zero-order valence-corrected chi connectivity index (χ0v) is 12.3. The first-order valence-electron chi connectivity index (χ1n) is 6.69. The van der Waals surface area contributed by atoms with E-state index in [0.29, 0.717) is 26.2 Å². The Labute approximate surface area is 128 Å². The molecule has 0 heterocycles. The normalized spacial score (nSPS) is 10.4. The van der Waals surface area contributed by atoms with Crippen LogP contribution in [0.2, 0.25) is 5.02 Å². The second kappa shape index (κ2) is 7.86. The third kappa shape index (κ3) is 4.62. The minimum absolute atomic E-state index is 0.0577. The van der Waals surface area contributed by atoms with Crippen molar-refractivity contribution in [1.29, 1.82) is 0 Å². The summed E-state index contributed by atoms with van der Waals surface area (Å²) in [5.41, 5.74) is 6.58. The lowest BCUT2D eigenvalue weighted by Gasteiger charge is -2.09. The standard InChI is InChI=1S/C16H17ClFNO2/c17-14-6-2-7-15(16(14)18)21-9-3-8-20-13-5-1-4-12(10-13)11-19/h1-2,4-7,10H,3,8-9,11,19H2. The van der Waals surface area contributed by atoms with Gasteiger partial charge in [-0.1, -0.05) is 29.8 Å². The van der Waals surface area contributed by atoms with Gasteiger partial charge in [-0.25, -0.2) is 4.39 Å². The molecule has 0 spiro atoms. The van der Waals surface area contributed by atoms with E-state index in [-0.39, 0.29) is 10.8 Å². The van der Waals surface area contributed by atoms with Gasteiger partial charge in [0.15, 0.2) is 11.6 Å². The van der Waals surface area contributed by atoms with Crippen LogP contribution in [0, 0.1) is 5.82 Å². The Morgan fingerprint density at radius 3 is 2.62 bits per heavy atom. The van der Waals surface area contributed by atoms with E-state index in [1.807, 2.05) is 24.3 Å². The molecule has 0 saturated carbocycles. The first kappa shape index (κ1) is 15.6. The maximum atomic E-state index is 13.6.